The van der Waals surface area contributed by atoms with E-state index in [2.05, 4.69) is 29.2 Å². The standard InChI is InChI=1S/C16H23NO/c18-16-11-3-1-2-10-15(16)17-12-6-8-13-7-4-5-9-14(13)17/h4-5,7,9,15-16,18H,1-3,6,8,10-12H2. The van der Waals surface area contributed by atoms with Crippen LogP contribution in [0.25, 0.3) is 0 Å². The van der Waals surface area contributed by atoms with E-state index in [0.29, 0.717) is 6.04 Å². The Morgan fingerprint density at radius 1 is 1.00 bits per heavy atom. The molecule has 2 unspecified atom stereocenters. The summed E-state index contributed by atoms with van der Waals surface area (Å²) in [5.74, 6) is 0. The fraction of sp³-hybridized carbons (Fsp3) is 0.625. The third kappa shape index (κ3) is 2.26. The first kappa shape index (κ1) is 12.0. The lowest BCUT2D eigenvalue weighted by atomic mass is 9.96. The molecule has 1 aliphatic carbocycles. The molecule has 1 fully saturated rings. The fourth-order valence-electron chi connectivity index (χ4n) is 3.54. The van der Waals surface area contributed by atoms with Crippen molar-refractivity contribution in [1.29, 1.82) is 0 Å². The van der Waals surface area contributed by atoms with Gasteiger partial charge < -0.3 is 10.0 Å². The highest BCUT2D eigenvalue weighted by atomic mass is 16.3. The molecule has 0 radical (unpaired) electrons. The molecule has 0 amide bonds. The maximum atomic E-state index is 10.4. The van der Waals surface area contributed by atoms with Gasteiger partial charge in [0.1, 0.15) is 0 Å². The summed E-state index contributed by atoms with van der Waals surface area (Å²) in [5.41, 5.74) is 2.83. The number of para-hydroxylation sites is 1. The smallest absolute Gasteiger partial charge is 0.0743 e. The largest absolute Gasteiger partial charge is 0.391 e. The SMILES string of the molecule is OC1CCCCCC1N1CCCc2ccccc21. The summed E-state index contributed by atoms with van der Waals surface area (Å²) in [6.07, 6.45) is 8.13. The number of fused-ring (bicyclic) bond motifs is 1. The molecule has 3 rings (SSSR count). The minimum absolute atomic E-state index is 0.140. The zero-order chi connectivity index (χ0) is 12.4. The topological polar surface area (TPSA) is 23.5 Å². The van der Waals surface area contributed by atoms with E-state index in [9.17, 15) is 5.11 Å². The van der Waals surface area contributed by atoms with Gasteiger partial charge in [-0.2, -0.15) is 0 Å². The normalized spacial score (nSPS) is 28.6. The van der Waals surface area contributed by atoms with Gasteiger partial charge in [-0.05, 0) is 37.3 Å². The number of aliphatic hydroxyl groups excluding tert-OH is 1. The van der Waals surface area contributed by atoms with Crippen molar-refractivity contribution in [1.82, 2.24) is 0 Å². The average Bonchev–Trinajstić information content (AvgIpc) is 2.63. The molecular weight excluding hydrogens is 222 g/mol. The van der Waals surface area contributed by atoms with Crippen LogP contribution in [-0.4, -0.2) is 23.8 Å². The van der Waals surface area contributed by atoms with Crippen molar-refractivity contribution >= 4 is 5.69 Å². The van der Waals surface area contributed by atoms with Gasteiger partial charge in [-0.15, -0.1) is 0 Å². The first-order valence-corrected chi connectivity index (χ1v) is 7.39. The molecule has 1 saturated carbocycles. The predicted octanol–water partition coefficient (Wildman–Crippen LogP) is 3.13. The molecule has 0 saturated heterocycles. The Hall–Kier alpha value is -1.02. The van der Waals surface area contributed by atoms with Gasteiger partial charge in [0.2, 0.25) is 0 Å². The molecule has 0 spiro atoms. The van der Waals surface area contributed by atoms with Crippen LogP contribution in [0.2, 0.25) is 0 Å². The van der Waals surface area contributed by atoms with Gasteiger partial charge >= 0.3 is 0 Å². The van der Waals surface area contributed by atoms with E-state index in [1.165, 1.54) is 43.4 Å². The van der Waals surface area contributed by atoms with Crippen molar-refractivity contribution < 1.29 is 5.11 Å². The molecule has 2 aliphatic rings. The van der Waals surface area contributed by atoms with Crippen LogP contribution in [0.3, 0.4) is 0 Å². The van der Waals surface area contributed by atoms with Gasteiger partial charge in [0.05, 0.1) is 12.1 Å². The monoisotopic (exact) mass is 245 g/mol. The predicted molar refractivity (Wildman–Crippen MR) is 75.0 cm³/mol. The van der Waals surface area contributed by atoms with Crippen molar-refractivity contribution in [3.05, 3.63) is 29.8 Å². The van der Waals surface area contributed by atoms with Crippen LogP contribution in [0, 0.1) is 0 Å². The van der Waals surface area contributed by atoms with Crippen molar-refractivity contribution in [3.63, 3.8) is 0 Å². The second-order valence-corrected chi connectivity index (χ2v) is 5.70. The van der Waals surface area contributed by atoms with E-state index < -0.39 is 0 Å². The summed E-state index contributed by atoms with van der Waals surface area (Å²) in [7, 11) is 0. The first-order valence-electron chi connectivity index (χ1n) is 7.39. The molecule has 18 heavy (non-hydrogen) atoms. The first-order chi connectivity index (χ1) is 8.86. The number of rotatable bonds is 1. The molecule has 2 atom stereocenters. The third-order valence-corrected chi connectivity index (χ3v) is 4.49. The van der Waals surface area contributed by atoms with Crippen LogP contribution in [0.5, 0.6) is 0 Å². The number of aliphatic hydroxyl groups is 1. The van der Waals surface area contributed by atoms with Crippen molar-refractivity contribution in [2.45, 2.75) is 57.1 Å². The Morgan fingerprint density at radius 2 is 1.83 bits per heavy atom. The summed E-state index contributed by atoms with van der Waals surface area (Å²) in [6, 6.07) is 9.07. The molecular formula is C16H23NO. The molecule has 1 N–H and O–H groups in total. The number of hydrogen-bond acceptors (Lipinski definition) is 2. The number of benzene rings is 1. The van der Waals surface area contributed by atoms with Crippen LogP contribution < -0.4 is 4.90 Å². The summed E-state index contributed by atoms with van der Waals surface area (Å²) in [6.45, 7) is 1.11. The van der Waals surface area contributed by atoms with E-state index in [0.717, 1.165) is 19.4 Å². The average molecular weight is 245 g/mol. The quantitative estimate of drug-likeness (QED) is 0.768. The van der Waals surface area contributed by atoms with E-state index in [-0.39, 0.29) is 6.10 Å². The van der Waals surface area contributed by atoms with Gasteiger partial charge in [0.25, 0.3) is 0 Å². The Labute approximate surface area is 110 Å². The number of nitrogens with zero attached hydrogens (tertiary/aromatic N) is 1. The number of anilines is 1. The van der Waals surface area contributed by atoms with Gasteiger partial charge in [0, 0.05) is 12.2 Å². The maximum absolute atomic E-state index is 10.4. The molecule has 98 valence electrons. The molecule has 1 aliphatic heterocycles. The van der Waals surface area contributed by atoms with E-state index in [4.69, 9.17) is 0 Å². The Morgan fingerprint density at radius 3 is 2.78 bits per heavy atom. The van der Waals surface area contributed by atoms with Gasteiger partial charge in [-0.25, -0.2) is 0 Å². The van der Waals surface area contributed by atoms with Crippen LogP contribution in [-0.2, 0) is 6.42 Å². The van der Waals surface area contributed by atoms with Crippen LogP contribution >= 0.6 is 0 Å². The van der Waals surface area contributed by atoms with Crippen LogP contribution in [0.4, 0.5) is 5.69 Å². The fourth-order valence-corrected chi connectivity index (χ4v) is 3.54. The van der Waals surface area contributed by atoms with Gasteiger partial charge in [-0.3, -0.25) is 0 Å². The minimum atomic E-state index is -0.140. The van der Waals surface area contributed by atoms with Crippen LogP contribution in [0.1, 0.15) is 44.1 Å². The molecule has 2 nitrogen and oxygen atoms in total. The minimum Gasteiger partial charge on any atom is -0.391 e. The zero-order valence-electron chi connectivity index (χ0n) is 11.0. The highest BCUT2D eigenvalue weighted by Gasteiger charge is 2.30. The summed E-state index contributed by atoms with van der Waals surface area (Å²) in [4.78, 5) is 2.48. The zero-order valence-corrected chi connectivity index (χ0v) is 11.0. The summed E-state index contributed by atoms with van der Waals surface area (Å²) >= 11 is 0. The maximum Gasteiger partial charge on any atom is 0.0743 e. The van der Waals surface area contributed by atoms with Crippen molar-refractivity contribution in [2.75, 3.05) is 11.4 Å². The third-order valence-electron chi connectivity index (χ3n) is 4.49. The Bertz CT molecular complexity index is 404. The van der Waals surface area contributed by atoms with Crippen LogP contribution in [0.15, 0.2) is 24.3 Å². The summed E-state index contributed by atoms with van der Waals surface area (Å²) in [5, 5.41) is 10.4. The van der Waals surface area contributed by atoms with Gasteiger partial charge in [0.15, 0.2) is 0 Å². The van der Waals surface area contributed by atoms with Crippen molar-refractivity contribution in [2.24, 2.45) is 0 Å². The lowest BCUT2D eigenvalue weighted by molar-refractivity contribution is 0.132. The molecule has 1 aromatic carbocycles. The van der Waals surface area contributed by atoms with Gasteiger partial charge in [-0.1, -0.05) is 37.5 Å². The van der Waals surface area contributed by atoms with E-state index in [1.807, 2.05) is 0 Å². The lowest BCUT2D eigenvalue weighted by Gasteiger charge is -2.39. The Balaban J connectivity index is 1.88. The van der Waals surface area contributed by atoms with Crippen molar-refractivity contribution in [3.8, 4) is 0 Å². The van der Waals surface area contributed by atoms with E-state index >= 15 is 0 Å². The summed E-state index contributed by atoms with van der Waals surface area (Å²) < 4.78 is 0. The lowest BCUT2D eigenvalue weighted by Crippen LogP contribution is -2.45. The second kappa shape index (κ2) is 5.31. The molecule has 2 heteroatoms. The molecule has 1 heterocycles. The highest BCUT2D eigenvalue weighted by molar-refractivity contribution is 5.56. The molecule has 0 aromatic heterocycles. The molecule has 1 aromatic rings. The molecule has 0 bridgehead atoms. The second-order valence-electron chi connectivity index (χ2n) is 5.70. The number of hydrogen-bond donors (Lipinski definition) is 1. The Kier molecular flexibility index (Phi) is 3.55. The highest BCUT2D eigenvalue weighted by Crippen LogP contribution is 2.32. The number of aryl methyl sites for hydroxylation is 1. The van der Waals surface area contributed by atoms with E-state index in [1.54, 1.807) is 0 Å².